The van der Waals surface area contributed by atoms with E-state index in [1.807, 2.05) is 12.2 Å². The minimum atomic E-state index is -0.601. The summed E-state index contributed by atoms with van der Waals surface area (Å²) in [5.74, 6) is 0.656. The van der Waals surface area contributed by atoms with E-state index in [1.165, 1.54) is 23.4 Å². The number of allylic oxidation sites excluding steroid dienone is 3. The minimum Gasteiger partial charge on any atom is -0.385 e. The average Bonchev–Trinajstić information content (AvgIpc) is 2.32. The first-order valence-corrected chi connectivity index (χ1v) is 8.72. The fourth-order valence-corrected chi connectivity index (χ4v) is 6.20. The zero-order valence-electron chi connectivity index (χ0n) is 10.9. The summed E-state index contributed by atoms with van der Waals surface area (Å²) in [6.45, 7) is 16.0. The Morgan fingerprint density at radius 3 is 2.38 bits per heavy atom. The third-order valence-electron chi connectivity index (χ3n) is 4.05. The quantitative estimate of drug-likeness (QED) is 0.719. The van der Waals surface area contributed by atoms with Crippen LogP contribution in [0.1, 0.15) is 20.8 Å². The third-order valence-corrected chi connectivity index (χ3v) is 8.17. The Morgan fingerprint density at radius 2 is 1.94 bits per heavy atom. The summed E-state index contributed by atoms with van der Waals surface area (Å²) in [4.78, 5) is 0. The van der Waals surface area contributed by atoms with Crippen molar-refractivity contribution in [3.8, 4) is 0 Å². The lowest BCUT2D eigenvalue weighted by Gasteiger charge is -2.36. The van der Waals surface area contributed by atoms with Crippen molar-refractivity contribution in [2.75, 3.05) is 6.54 Å². The van der Waals surface area contributed by atoms with Gasteiger partial charge in [0.2, 0.25) is 0 Å². The average molecular weight is 235 g/mol. The summed E-state index contributed by atoms with van der Waals surface area (Å²) in [5.41, 5.74) is 3.43. The van der Waals surface area contributed by atoms with Gasteiger partial charge in [-0.3, -0.25) is 0 Å². The lowest BCUT2D eigenvalue weighted by molar-refractivity contribution is 0.540. The van der Waals surface area contributed by atoms with Crippen LogP contribution in [0, 0.1) is 5.92 Å². The Balaban J connectivity index is 2.93. The van der Waals surface area contributed by atoms with Crippen molar-refractivity contribution in [3.05, 3.63) is 36.6 Å². The molecule has 0 saturated carbocycles. The topological polar surface area (TPSA) is 12.0 Å². The van der Waals surface area contributed by atoms with E-state index >= 15 is 0 Å². The van der Waals surface area contributed by atoms with Gasteiger partial charge in [-0.05, 0) is 23.1 Å². The van der Waals surface area contributed by atoms with Gasteiger partial charge in [0.25, 0.3) is 0 Å². The molecule has 90 valence electrons. The Kier molecular flexibility index (Phi) is 5.06. The maximum absolute atomic E-state index is 3.95. The van der Waals surface area contributed by atoms with Crippen molar-refractivity contribution < 1.29 is 0 Å². The Labute approximate surface area is 102 Å². The second kappa shape index (κ2) is 6.09. The van der Waals surface area contributed by atoms with Crippen LogP contribution in [0.2, 0.25) is 17.6 Å². The molecule has 0 aromatic carbocycles. The van der Waals surface area contributed by atoms with E-state index in [4.69, 9.17) is 0 Å². The molecule has 0 aromatic rings. The maximum atomic E-state index is 3.95. The van der Waals surface area contributed by atoms with Gasteiger partial charge in [0.05, 0.1) is 0 Å². The Morgan fingerprint density at radius 1 is 1.31 bits per heavy atom. The van der Waals surface area contributed by atoms with Crippen LogP contribution in [0.5, 0.6) is 0 Å². The molecule has 0 spiro atoms. The smallest absolute Gasteiger partial charge is 0.0422 e. The summed E-state index contributed by atoms with van der Waals surface area (Å²) >= 11 is 0. The Bertz CT molecular complexity index is 289. The molecule has 2 heteroatoms. The number of hydrogen-bond donors (Lipinski definition) is 1. The minimum absolute atomic E-state index is 0.601. The van der Waals surface area contributed by atoms with Gasteiger partial charge in [-0.15, -0.1) is 0 Å². The van der Waals surface area contributed by atoms with Crippen molar-refractivity contribution >= 4 is 8.80 Å². The highest BCUT2D eigenvalue weighted by Crippen LogP contribution is 2.35. The highest BCUT2D eigenvalue weighted by molar-refractivity contribution is 6.60. The standard InChI is InChI=1S/C14H25NSi/c1-6-12-11(5)14(16(8-3)9-4)10-15-13(12)7-2/h6-7,11,14-16H,1-2,8-10H2,3-5H3/t11-,14+/m1/s1. The monoisotopic (exact) mass is 235 g/mol. The summed E-state index contributed by atoms with van der Waals surface area (Å²) < 4.78 is 0. The molecule has 0 bridgehead atoms. The molecule has 1 aliphatic rings. The predicted molar refractivity (Wildman–Crippen MR) is 76.4 cm³/mol. The van der Waals surface area contributed by atoms with Crippen molar-refractivity contribution in [1.82, 2.24) is 5.32 Å². The zero-order valence-corrected chi connectivity index (χ0v) is 12.1. The van der Waals surface area contributed by atoms with Crippen molar-refractivity contribution in [1.29, 1.82) is 0 Å². The number of nitrogens with one attached hydrogen (secondary N) is 1. The van der Waals surface area contributed by atoms with Gasteiger partial charge in [-0.1, -0.05) is 52.1 Å². The van der Waals surface area contributed by atoms with E-state index < -0.39 is 8.80 Å². The van der Waals surface area contributed by atoms with Crippen molar-refractivity contribution in [2.45, 2.75) is 38.4 Å². The maximum Gasteiger partial charge on any atom is 0.0422 e. The lowest BCUT2D eigenvalue weighted by atomic mass is 9.92. The van der Waals surface area contributed by atoms with E-state index in [9.17, 15) is 0 Å². The van der Waals surface area contributed by atoms with Gasteiger partial charge in [0, 0.05) is 21.0 Å². The van der Waals surface area contributed by atoms with Crippen LogP contribution in [0.25, 0.3) is 0 Å². The van der Waals surface area contributed by atoms with Crippen LogP contribution in [-0.2, 0) is 0 Å². The summed E-state index contributed by atoms with van der Waals surface area (Å²) in [6.07, 6.45) is 3.94. The van der Waals surface area contributed by atoms with E-state index in [-0.39, 0.29) is 0 Å². The van der Waals surface area contributed by atoms with E-state index in [2.05, 4.69) is 39.2 Å². The molecule has 1 heterocycles. The molecule has 0 aromatic heterocycles. The van der Waals surface area contributed by atoms with Crippen LogP contribution in [-0.4, -0.2) is 15.3 Å². The highest BCUT2D eigenvalue weighted by Gasteiger charge is 2.30. The number of hydrogen-bond acceptors (Lipinski definition) is 1. The van der Waals surface area contributed by atoms with Crippen LogP contribution in [0.4, 0.5) is 0 Å². The normalized spacial score (nSPS) is 25.5. The Hall–Kier alpha value is -0.763. The molecule has 1 nitrogen and oxygen atoms in total. The van der Waals surface area contributed by atoms with Crippen molar-refractivity contribution in [2.24, 2.45) is 5.92 Å². The molecule has 0 saturated heterocycles. The summed E-state index contributed by atoms with van der Waals surface area (Å²) in [5, 5.41) is 3.52. The van der Waals surface area contributed by atoms with Gasteiger partial charge in [-0.2, -0.15) is 0 Å². The largest absolute Gasteiger partial charge is 0.385 e. The molecule has 0 radical (unpaired) electrons. The van der Waals surface area contributed by atoms with Crippen molar-refractivity contribution in [3.63, 3.8) is 0 Å². The summed E-state index contributed by atoms with van der Waals surface area (Å²) in [7, 11) is -0.601. The van der Waals surface area contributed by atoms with Gasteiger partial charge in [0.15, 0.2) is 0 Å². The highest BCUT2D eigenvalue weighted by atomic mass is 28.3. The molecule has 1 N–H and O–H groups in total. The predicted octanol–water partition coefficient (Wildman–Crippen LogP) is 3.49. The van der Waals surface area contributed by atoms with Crippen LogP contribution in [0.3, 0.4) is 0 Å². The van der Waals surface area contributed by atoms with Gasteiger partial charge in [0.1, 0.15) is 0 Å². The third kappa shape index (κ3) is 2.49. The molecule has 0 amide bonds. The van der Waals surface area contributed by atoms with Crippen LogP contribution >= 0.6 is 0 Å². The van der Waals surface area contributed by atoms with Gasteiger partial charge >= 0.3 is 0 Å². The second-order valence-corrected chi connectivity index (χ2v) is 8.70. The summed E-state index contributed by atoms with van der Waals surface area (Å²) in [6, 6.07) is 2.81. The fourth-order valence-electron chi connectivity index (χ4n) is 2.94. The SMILES string of the molecule is C=CC1=C(C=C)[C@@H](C)[C@@H]([SiH](CC)CC)CN1. The molecular formula is C14H25NSi. The molecular weight excluding hydrogens is 210 g/mol. The molecule has 1 rings (SSSR count). The lowest BCUT2D eigenvalue weighted by Crippen LogP contribution is -2.38. The molecule has 16 heavy (non-hydrogen) atoms. The van der Waals surface area contributed by atoms with E-state index in [1.54, 1.807) is 0 Å². The zero-order chi connectivity index (χ0) is 12.1. The van der Waals surface area contributed by atoms with E-state index in [0.717, 1.165) is 12.1 Å². The molecule has 1 aliphatic heterocycles. The molecule has 0 fully saturated rings. The first-order valence-electron chi connectivity index (χ1n) is 6.42. The van der Waals surface area contributed by atoms with Gasteiger partial charge < -0.3 is 5.32 Å². The fraction of sp³-hybridized carbons (Fsp3) is 0.571. The second-order valence-electron chi connectivity index (χ2n) is 4.69. The number of rotatable bonds is 5. The first kappa shape index (κ1) is 13.3. The van der Waals surface area contributed by atoms with Gasteiger partial charge in [-0.25, -0.2) is 0 Å². The van der Waals surface area contributed by atoms with E-state index in [0.29, 0.717) is 5.92 Å². The molecule has 0 unspecified atom stereocenters. The first-order chi connectivity index (χ1) is 7.69. The van der Waals surface area contributed by atoms with Crippen LogP contribution < -0.4 is 5.32 Å². The molecule has 0 aliphatic carbocycles. The molecule has 2 atom stereocenters. The van der Waals surface area contributed by atoms with Crippen LogP contribution in [0.15, 0.2) is 36.6 Å².